The predicted octanol–water partition coefficient (Wildman–Crippen LogP) is 5.79. The van der Waals surface area contributed by atoms with Gasteiger partial charge in [-0.25, -0.2) is 0 Å². The molecule has 0 N–H and O–H groups in total. The van der Waals surface area contributed by atoms with Crippen molar-refractivity contribution in [2.75, 3.05) is 13.1 Å². The summed E-state index contributed by atoms with van der Waals surface area (Å²) in [5.74, 6) is 0.102. The monoisotopic (exact) mass is 492 g/mol. The Morgan fingerprint density at radius 1 is 1.03 bits per heavy atom. The van der Waals surface area contributed by atoms with Crippen LogP contribution in [-0.2, 0) is 10.2 Å². The second-order valence-corrected chi connectivity index (χ2v) is 10.4. The van der Waals surface area contributed by atoms with Crippen molar-refractivity contribution in [1.82, 2.24) is 9.80 Å². The molecule has 1 unspecified atom stereocenters. The summed E-state index contributed by atoms with van der Waals surface area (Å²) in [5.41, 5.74) is 4.00. The first kappa shape index (κ1) is 22.5. The molecule has 2 aromatic rings. The van der Waals surface area contributed by atoms with E-state index < -0.39 is 0 Å². The number of carbonyl (C=O) groups is 2. The van der Waals surface area contributed by atoms with E-state index in [1.54, 1.807) is 4.90 Å². The van der Waals surface area contributed by atoms with E-state index in [4.69, 9.17) is 0 Å². The molecular formula is C27H29BrN2O2. The number of likely N-dealkylation sites (tertiary alicyclic amines) is 1. The summed E-state index contributed by atoms with van der Waals surface area (Å²) >= 11 is 3.50. The van der Waals surface area contributed by atoms with E-state index >= 15 is 0 Å². The van der Waals surface area contributed by atoms with Gasteiger partial charge in [-0.05, 0) is 58.9 Å². The maximum absolute atomic E-state index is 13.4. The fourth-order valence-electron chi connectivity index (χ4n) is 4.33. The molecule has 1 fully saturated rings. The number of nitrogens with zero attached hydrogens (tertiary/aromatic N) is 2. The van der Waals surface area contributed by atoms with E-state index in [1.807, 2.05) is 59.7 Å². The van der Waals surface area contributed by atoms with Gasteiger partial charge in [-0.15, -0.1) is 0 Å². The third kappa shape index (κ3) is 4.73. The lowest BCUT2D eigenvalue weighted by molar-refractivity contribution is -0.128. The zero-order chi connectivity index (χ0) is 22.9. The molecule has 4 nitrogen and oxygen atoms in total. The Bertz CT molecular complexity index is 1060. The Kier molecular flexibility index (Phi) is 6.38. The molecule has 2 aromatic carbocycles. The molecule has 2 amide bonds. The van der Waals surface area contributed by atoms with Crippen molar-refractivity contribution < 1.29 is 9.59 Å². The largest absolute Gasteiger partial charge is 0.334 e. The first-order chi connectivity index (χ1) is 15.2. The first-order valence-corrected chi connectivity index (χ1v) is 11.9. The lowest BCUT2D eigenvalue weighted by Gasteiger charge is -2.33. The van der Waals surface area contributed by atoms with Crippen LogP contribution in [0.25, 0.3) is 5.57 Å². The van der Waals surface area contributed by atoms with Crippen LogP contribution >= 0.6 is 15.9 Å². The normalized spacial score (nSPS) is 19.2. The van der Waals surface area contributed by atoms with E-state index in [1.165, 1.54) is 5.56 Å². The average Bonchev–Trinajstić information content (AvgIpc) is 3.07. The Morgan fingerprint density at radius 3 is 2.31 bits per heavy atom. The molecule has 4 rings (SSSR count). The van der Waals surface area contributed by atoms with Crippen molar-refractivity contribution in [3.05, 3.63) is 88.0 Å². The second kappa shape index (κ2) is 9.07. The highest BCUT2D eigenvalue weighted by molar-refractivity contribution is 9.10. The highest BCUT2D eigenvalue weighted by Crippen LogP contribution is 2.30. The summed E-state index contributed by atoms with van der Waals surface area (Å²) in [5, 5.41) is 0. The minimum absolute atomic E-state index is 0.0365. The standard InChI is InChI=1S/C27H29BrN2O2/c1-27(2,3)21-12-8-20(9-13-21)26(32)29-16-4-6-23(19-10-14-22(28)15-11-19)24(18-29)30-17-5-7-25(30)31/h4,6,8-16,24H,5,7,17-18H2,1-3H3. The van der Waals surface area contributed by atoms with Gasteiger partial charge in [0.15, 0.2) is 0 Å². The van der Waals surface area contributed by atoms with Crippen LogP contribution in [0, 0.1) is 0 Å². The third-order valence-electron chi connectivity index (χ3n) is 6.19. The number of hydrogen-bond donors (Lipinski definition) is 0. The maximum atomic E-state index is 13.4. The number of rotatable bonds is 3. The van der Waals surface area contributed by atoms with Crippen LogP contribution < -0.4 is 0 Å². The number of allylic oxidation sites excluding steroid dienone is 2. The Balaban J connectivity index is 1.63. The fourth-order valence-corrected chi connectivity index (χ4v) is 4.60. The summed E-state index contributed by atoms with van der Waals surface area (Å²) in [4.78, 5) is 29.7. The van der Waals surface area contributed by atoms with Gasteiger partial charge in [0.25, 0.3) is 5.91 Å². The topological polar surface area (TPSA) is 40.6 Å². The van der Waals surface area contributed by atoms with Gasteiger partial charge >= 0.3 is 0 Å². The van der Waals surface area contributed by atoms with Crippen molar-refractivity contribution in [2.45, 2.75) is 45.1 Å². The van der Waals surface area contributed by atoms with E-state index in [0.29, 0.717) is 18.5 Å². The molecular weight excluding hydrogens is 464 g/mol. The van der Waals surface area contributed by atoms with Crippen molar-refractivity contribution in [3.8, 4) is 0 Å². The minimum atomic E-state index is -0.182. The zero-order valence-corrected chi connectivity index (χ0v) is 20.4. The number of benzene rings is 2. The van der Waals surface area contributed by atoms with Gasteiger partial charge in [-0.3, -0.25) is 9.59 Å². The molecule has 166 valence electrons. The predicted molar refractivity (Wildman–Crippen MR) is 132 cm³/mol. The Morgan fingerprint density at radius 2 is 1.72 bits per heavy atom. The van der Waals surface area contributed by atoms with Crippen molar-refractivity contribution in [2.24, 2.45) is 0 Å². The molecule has 5 heteroatoms. The number of halogens is 1. The molecule has 1 atom stereocenters. The Labute approximate surface area is 198 Å². The van der Waals surface area contributed by atoms with Crippen LogP contribution in [0.2, 0.25) is 0 Å². The molecule has 0 aromatic heterocycles. The summed E-state index contributed by atoms with van der Waals surface area (Å²) in [6.07, 6.45) is 7.21. The SMILES string of the molecule is CC(C)(C)c1ccc(C(=O)N2C=CC=C(c3ccc(Br)cc3)C(N3CCCC3=O)C2)cc1. The minimum Gasteiger partial charge on any atom is -0.334 e. The lowest BCUT2D eigenvalue weighted by atomic mass is 9.86. The average molecular weight is 493 g/mol. The molecule has 0 aliphatic carbocycles. The van der Waals surface area contributed by atoms with Crippen LogP contribution in [0.15, 0.2) is 71.4 Å². The second-order valence-electron chi connectivity index (χ2n) is 9.46. The smallest absolute Gasteiger partial charge is 0.257 e. The van der Waals surface area contributed by atoms with Gasteiger partial charge in [-0.1, -0.05) is 67.0 Å². The van der Waals surface area contributed by atoms with Gasteiger partial charge in [0.1, 0.15) is 0 Å². The lowest BCUT2D eigenvalue weighted by Crippen LogP contribution is -2.45. The summed E-state index contributed by atoms with van der Waals surface area (Å²) in [6.45, 7) is 7.64. The highest BCUT2D eigenvalue weighted by Gasteiger charge is 2.34. The molecule has 0 spiro atoms. The Hall–Kier alpha value is -2.66. The summed E-state index contributed by atoms with van der Waals surface area (Å²) in [6, 6.07) is 15.8. The summed E-state index contributed by atoms with van der Waals surface area (Å²) < 4.78 is 1.01. The third-order valence-corrected chi connectivity index (χ3v) is 6.72. The van der Waals surface area contributed by atoms with E-state index in [0.717, 1.165) is 28.6 Å². The van der Waals surface area contributed by atoms with Crippen LogP contribution in [0.5, 0.6) is 0 Å². The number of hydrogen-bond acceptors (Lipinski definition) is 2. The van der Waals surface area contributed by atoms with Crippen molar-refractivity contribution in [1.29, 1.82) is 0 Å². The zero-order valence-electron chi connectivity index (χ0n) is 18.8. The van der Waals surface area contributed by atoms with Crippen molar-refractivity contribution >= 4 is 33.3 Å². The van der Waals surface area contributed by atoms with Crippen LogP contribution in [0.4, 0.5) is 0 Å². The molecule has 32 heavy (non-hydrogen) atoms. The quantitative estimate of drug-likeness (QED) is 0.543. The molecule has 0 saturated carbocycles. The fraction of sp³-hybridized carbons (Fsp3) is 0.333. The molecule has 1 saturated heterocycles. The van der Waals surface area contributed by atoms with E-state index in [9.17, 15) is 9.59 Å². The molecule has 2 aliphatic rings. The van der Waals surface area contributed by atoms with Gasteiger partial charge < -0.3 is 9.80 Å². The molecule has 0 radical (unpaired) electrons. The summed E-state index contributed by atoms with van der Waals surface area (Å²) in [7, 11) is 0. The molecule has 2 aliphatic heterocycles. The van der Waals surface area contributed by atoms with Crippen LogP contribution in [-0.4, -0.2) is 40.7 Å². The van der Waals surface area contributed by atoms with Gasteiger partial charge in [0.2, 0.25) is 5.91 Å². The number of amides is 2. The molecule has 0 bridgehead atoms. The van der Waals surface area contributed by atoms with E-state index in [-0.39, 0.29) is 23.3 Å². The highest BCUT2D eigenvalue weighted by atomic mass is 79.9. The number of carbonyl (C=O) groups excluding carboxylic acids is 2. The first-order valence-electron chi connectivity index (χ1n) is 11.1. The van der Waals surface area contributed by atoms with Gasteiger partial charge in [0.05, 0.1) is 12.6 Å². The maximum Gasteiger partial charge on any atom is 0.257 e. The van der Waals surface area contributed by atoms with Gasteiger partial charge in [-0.2, -0.15) is 0 Å². The molecule has 2 heterocycles. The van der Waals surface area contributed by atoms with Crippen LogP contribution in [0.1, 0.15) is 55.1 Å². The van der Waals surface area contributed by atoms with Gasteiger partial charge in [0, 0.05) is 29.2 Å². The van der Waals surface area contributed by atoms with E-state index in [2.05, 4.69) is 48.8 Å². The van der Waals surface area contributed by atoms with Crippen LogP contribution in [0.3, 0.4) is 0 Å². The van der Waals surface area contributed by atoms with Crippen molar-refractivity contribution in [3.63, 3.8) is 0 Å².